The van der Waals surface area contributed by atoms with Gasteiger partial charge in [-0.2, -0.15) is 0 Å². The number of nitrogens with one attached hydrogen (secondary N) is 1. The molecule has 2 aromatic rings. The third-order valence-electron chi connectivity index (χ3n) is 3.56. The van der Waals surface area contributed by atoms with Crippen LogP contribution in [0.3, 0.4) is 0 Å². The molecule has 0 spiro atoms. The molecule has 1 N–H and O–H groups in total. The standard InChI is InChI=1S/C19H20N2O5/c1-13(2)26-19(23)17(20-18(22)15-6-4-3-5-7-15)12-14-8-10-16(11-9-14)21(24)25/h3-11,13,17H,12H2,1-2H3,(H,20,22)/t17-/m0/s1. The first-order valence-corrected chi connectivity index (χ1v) is 8.16. The summed E-state index contributed by atoms with van der Waals surface area (Å²) in [5.41, 5.74) is 1.07. The van der Waals surface area contributed by atoms with E-state index in [0.29, 0.717) is 11.1 Å². The Kier molecular flexibility index (Phi) is 6.43. The molecule has 0 radical (unpaired) electrons. The lowest BCUT2D eigenvalue weighted by atomic mass is 10.0. The highest BCUT2D eigenvalue weighted by atomic mass is 16.6. The number of carbonyl (C=O) groups is 2. The van der Waals surface area contributed by atoms with E-state index in [1.165, 1.54) is 12.1 Å². The summed E-state index contributed by atoms with van der Waals surface area (Å²) in [6, 6.07) is 13.5. The first-order valence-electron chi connectivity index (χ1n) is 8.16. The highest BCUT2D eigenvalue weighted by Crippen LogP contribution is 2.14. The van der Waals surface area contributed by atoms with E-state index in [4.69, 9.17) is 4.74 Å². The molecule has 0 aliphatic rings. The Morgan fingerprint density at radius 3 is 2.23 bits per heavy atom. The summed E-state index contributed by atoms with van der Waals surface area (Å²) in [4.78, 5) is 35.0. The molecule has 2 aromatic carbocycles. The van der Waals surface area contributed by atoms with Gasteiger partial charge in [0.2, 0.25) is 0 Å². The predicted molar refractivity (Wildman–Crippen MR) is 95.7 cm³/mol. The van der Waals surface area contributed by atoms with Gasteiger partial charge in [0.1, 0.15) is 6.04 Å². The van der Waals surface area contributed by atoms with E-state index in [0.717, 1.165) is 0 Å². The molecule has 7 heteroatoms. The van der Waals surface area contributed by atoms with Gasteiger partial charge in [0.15, 0.2) is 0 Å². The normalized spacial score (nSPS) is 11.7. The SMILES string of the molecule is CC(C)OC(=O)[C@H](Cc1ccc([N+](=O)[O-])cc1)NC(=O)c1ccccc1. The van der Waals surface area contributed by atoms with E-state index >= 15 is 0 Å². The van der Waals surface area contributed by atoms with Crippen molar-refractivity contribution in [3.63, 3.8) is 0 Å². The van der Waals surface area contributed by atoms with Crippen LogP contribution in [-0.2, 0) is 16.0 Å². The molecular formula is C19H20N2O5. The van der Waals surface area contributed by atoms with Crippen LogP contribution in [0.15, 0.2) is 54.6 Å². The molecule has 0 aliphatic heterocycles. The van der Waals surface area contributed by atoms with Gasteiger partial charge in [0.05, 0.1) is 11.0 Å². The Labute approximate surface area is 151 Å². The van der Waals surface area contributed by atoms with E-state index in [1.54, 1.807) is 56.3 Å². The highest BCUT2D eigenvalue weighted by Gasteiger charge is 2.24. The Morgan fingerprint density at radius 2 is 1.69 bits per heavy atom. The molecule has 0 saturated heterocycles. The molecule has 0 heterocycles. The summed E-state index contributed by atoms with van der Waals surface area (Å²) in [6.45, 7) is 3.44. The van der Waals surface area contributed by atoms with Crippen molar-refractivity contribution in [3.8, 4) is 0 Å². The lowest BCUT2D eigenvalue weighted by molar-refractivity contribution is -0.384. The second kappa shape index (κ2) is 8.75. The van der Waals surface area contributed by atoms with Crippen LogP contribution in [-0.4, -0.2) is 28.9 Å². The molecule has 136 valence electrons. The van der Waals surface area contributed by atoms with E-state index < -0.39 is 22.8 Å². The fourth-order valence-corrected chi connectivity index (χ4v) is 2.33. The Balaban J connectivity index is 2.16. The summed E-state index contributed by atoms with van der Waals surface area (Å²) in [5, 5.41) is 13.4. The van der Waals surface area contributed by atoms with Gasteiger partial charge < -0.3 is 10.1 Å². The first-order chi connectivity index (χ1) is 12.4. The molecule has 7 nitrogen and oxygen atoms in total. The molecule has 0 unspecified atom stereocenters. The van der Waals surface area contributed by atoms with Gasteiger partial charge in [0, 0.05) is 24.1 Å². The van der Waals surface area contributed by atoms with Gasteiger partial charge in [-0.15, -0.1) is 0 Å². The Bertz CT molecular complexity index is 772. The average Bonchev–Trinajstić information content (AvgIpc) is 2.61. The van der Waals surface area contributed by atoms with Gasteiger partial charge >= 0.3 is 5.97 Å². The van der Waals surface area contributed by atoms with Crippen molar-refractivity contribution in [3.05, 3.63) is 75.8 Å². The number of nitro benzene ring substituents is 1. The van der Waals surface area contributed by atoms with Crippen molar-refractivity contribution in [1.29, 1.82) is 0 Å². The average molecular weight is 356 g/mol. The van der Waals surface area contributed by atoms with Gasteiger partial charge in [-0.05, 0) is 31.5 Å². The minimum absolute atomic E-state index is 0.0385. The van der Waals surface area contributed by atoms with E-state index in [1.807, 2.05) is 0 Å². The van der Waals surface area contributed by atoms with Crippen LogP contribution < -0.4 is 5.32 Å². The van der Waals surface area contributed by atoms with Gasteiger partial charge in [-0.25, -0.2) is 4.79 Å². The summed E-state index contributed by atoms with van der Waals surface area (Å²) in [6.07, 6.45) is -0.155. The molecule has 2 rings (SSSR count). The maximum atomic E-state index is 12.4. The number of rotatable bonds is 7. The van der Waals surface area contributed by atoms with Crippen molar-refractivity contribution in [2.75, 3.05) is 0 Å². The van der Waals surface area contributed by atoms with Crippen molar-refractivity contribution in [1.82, 2.24) is 5.32 Å². The minimum atomic E-state index is -0.897. The summed E-state index contributed by atoms with van der Waals surface area (Å²) >= 11 is 0. The predicted octanol–water partition coefficient (Wildman–Crippen LogP) is 2.89. The van der Waals surface area contributed by atoms with E-state index in [9.17, 15) is 19.7 Å². The molecule has 0 fully saturated rings. The molecule has 0 aromatic heterocycles. The molecule has 1 amide bonds. The maximum absolute atomic E-state index is 12.4. The molecule has 0 saturated carbocycles. The van der Waals surface area contributed by atoms with Crippen LogP contribution >= 0.6 is 0 Å². The quantitative estimate of drug-likeness (QED) is 0.467. The number of carbonyl (C=O) groups excluding carboxylic acids is 2. The smallest absolute Gasteiger partial charge is 0.329 e. The van der Waals surface area contributed by atoms with Crippen molar-refractivity contribution in [2.45, 2.75) is 32.4 Å². The topological polar surface area (TPSA) is 98.5 Å². The number of hydrogen-bond donors (Lipinski definition) is 1. The monoisotopic (exact) mass is 356 g/mol. The number of ether oxygens (including phenoxy) is 1. The first kappa shape index (κ1) is 19.1. The highest BCUT2D eigenvalue weighted by molar-refractivity contribution is 5.96. The van der Waals surface area contributed by atoms with Gasteiger partial charge in [-0.1, -0.05) is 30.3 Å². The number of nitro groups is 1. The zero-order valence-corrected chi connectivity index (χ0v) is 14.5. The van der Waals surface area contributed by atoms with Crippen molar-refractivity contribution in [2.24, 2.45) is 0 Å². The van der Waals surface area contributed by atoms with Crippen LogP contribution in [0.25, 0.3) is 0 Å². The van der Waals surface area contributed by atoms with Crippen molar-refractivity contribution >= 4 is 17.6 Å². The Hall–Kier alpha value is -3.22. The number of hydrogen-bond acceptors (Lipinski definition) is 5. The number of esters is 1. The molecule has 0 bridgehead atoms. The fourth-order valence-electron chi connectivity index (χ4n) is 2.33. The molecule has 26 heavy (non-hydrogen) atoms. The Morgan fingerprint density at radius 1 is 1.08 bits per heavy atom. The molecular weight excluding hydrogens is 336 g/mol. The zero-order valence-electron chi connectivity index (χ0n) is 14.5. The van der Waals surface area contributed by atoms with Gasteiger partial charge in [-0.3, -0.25) is 14.9 Å². The van der Waals surface area contributed by atoms with E-state index in [-0.39, 0.29) is 18.2 Å². The van der Waals surface area contributed by atoms with Crippen LogP contribution in [0.1, 0.15) is 29.8 Å². The maximum Gasteiger partial charge on any atom is 0.329 e. The van der Waals surface area contributed by atoms with Crippen LogP contribution in [0, 0.1) is 10.1 Å². The number of amides is 1. The third-order valence-corrected chi connectivity index (χ3v) is 3.56. The molecule has 0 aliphatic carbocycles. The van der Waals surface area contributed by atoms with Crippen molar-refractivity contribution < 1.29 is 19.2 Å². The van der Waals surface area contributed by atoms with Crippen LogP contribution in [0.5, 0.6) is 0 Å². The zero-order chi connectivity index (χ0) is 19.1. The lowest BCUT2D eigenvalue weighted by Gasteiger charge is -2.19. The molecule has 1 atom stereocenters. The van der Waals surface area contributed by atoms with E-state index in [2.05, 4.69) is 5.32 Å². The van der Waals surface area contributed by atoms with Crippen LogP contribution in [0.2, 0.25) is 0 Å². The van der Waals surface area contributed by atoms with Crippen LogP contribution in [0.4, 0.5) is 5.69 Å². The summed E-state index contributed by atoms with van der Waals surface area (Å²) in [5.74, 6) is -0.944. The number of benzene rings is 2. The summed E-state index contributed by atoms with van der Waals surface area (Å²) < 4.78 is 5.22. The minimum Gasteiger partial charge on any atom is -0.461 e. The second-order valence-corrected chi connectivity index (χ2v) is 6.01. The fraction of sp³-hybridized carbons (Fsp3) is 0.263. The van der Waals surface area contributed by atoms with Gasteiger partial charge in [0.25, 0.3) is 11.6 Å². The lowest BCUT2D eigenvalue weighted by Crippen LogP contribution is -2.44. The number of nitrogens with zero attached hydrogens (tertiary/aromatic N) is 1. The number of non-ortho nitro benzene ring substituents is 1. The second-order valence-electron chi connectivity index (χ2n) is 6.01. The third kappa shape index (κ3) is 5.41. The summed E-state index contributed by atoms with van der Waals surface area (Å²) in [7, 11) is 0. The largest absolute Gasteiger partial charge is 0.461 e.